The van der Waals surface area contributed by atoms with Crippen LogP contribution in [0.15, 0.2) is 77.9 Å². The Bertz CT molecular complexity index is 1320. The van der Waals surface area contributed by atoms with Crippen LogP contribution in [0.3, 0.4) is 0 Å². The van der Waals surface area contributed by atoms with Crippen LogP contribution in [0.5, 0.6) is 11.5 Å². The second-order valence-corrected chi connectivity index (χ2v) is 12.3. The van der Waals surface area contributed by atoms with E-state index in [-0.39, 0.29) is 18.1 Å². The zero-order valence-electron chi connectivity index (χ0n) is 23.3. The molecule has 0 atom stereocenters. The van der Waals surface area contributed by atoms with Gasteiger partial charge in [0.25, 0.3) is 10.0 Å². The molecule has 3 aromatic rings. The molecular formula is C28H36BN3O6S. The Hall–Kier alpha value is -3.12. The largest absolute Gasteiger partial charge is 0.497 e. The molecule has 9 nitrogen and oxygen atoms in total. The first kappa shape index (κ1) is 28.9. The molecule has 0 radical (unpaired) electrons. The predicted molar refractivity (Wildman–Crippen MR) is 150 cm³/mol. The van der Waals surface area contributed by atoms with Gasteiger partial charge in [-0.25, -0.2) is 8.42 Å². The van der Waals surface area contributed by atoms with Gasteiger partial charge in [0.15, 0.2) is 5.03 Å². The Kier molecular flexibility index (Phi) is 8.55. The Morgan fingerprint density at radius 1 is 0.872 bits per heavy atom. The highest BCUT2D eigenvalue weighted by Crippen LogP contribution is 2.36. The Labute approximate surface area is 231 Å². The third-order valence-electron chi connectivity index (χ3n) is 7.11. The van der Waals surface area contributed by atoms with Gasteiger partial charge in [-0.2, -0.15) is 9.40 Å². The number of sulfonamides is 1. The van der Waals surface area contributed by atoms with E-state index >= 15 is 0 Å². The standard InChI is InChI=1S/C28H36BN3O6S/c1-27(2)28(3,4)38-29(37-27)17-7-18-31-19-16-26(30-31)39(33,34)32(20-22-8-12-24(35-5)13-9-22)21-23-10-14-25(36-6)15-11-23/h7-17,19H,18,20-21H2,1-6H3/b17-7+. The van der Waals surface area contributed by atoms with Gasteiger partial charge in [0.1, 0.15) is 11.5 Å². The molecule has 2 heterocycles. The number of ether oxygens (including phenoxy) is 2. The smallest absolute Gasteiger partial charge is 0.486 e. The van der Waals surface area contributed by atoms with Crippen molar-refractivity contribution in [3.63, 3.8) is 0 Å². The minimum atomic E-state index is -3.91. The van der Waals surface area contributed by atoms with Gasteiger partial charge in [-0.15, -0.1) is 0 Å². The van der Waals surface area contributed by atoms with Crippen molar-refractivity contribution in [2.75, 3.05) is 14.2 Å². The zero-order chi connectivity index (χ0) is 28.3. The highest BCUT2D eigenvalue weighted by molar-refractivity contribution is 7.89. The van der Waals surface area contributed by atoms with E-state index in [9.17, 15) is 8.42 Å². The summed E-state index contributed by atoms with van der Waals surface area (Å²) in [5.74, 6) is 3.23. The van der Waals surface area contributed by atoms with Crippen LogP contribution in [-0.2, 0) is 39.0 Å². The summed E-state index contributed by atoms with van der Waals surface area (Å²) in [5.41, 5.74) is 0.813. The maximum absolute atomic E-state index is 13.8. The molecule has 0 N–H and O–H groups in total. The van der Waals surface area contributed by atoms with E-state index in [1.54, 1.807) is 25.1 Å². The quantitative estimate of drug-likeness (QED) is 0.324. The van der Waals surface area contributed by atoms with E-state index < -0.39 is 28.3 Å². The minimum absolute atomic E-state index is 0.0199. The van der Waals surface area contributed by atoms with E-state index in [1.807, 2.05) is 88.3 Å². The lowest BCUT2D eigenvalue weighted by Crippen LogP contribution is -2.41. The van der Waals surface area contributed by atoms with Gasteiger partial charge >= 0.3 is 7.12 Å². The highest BCUT2D eigenvalue weighted by Gasteiger charge is 2.50. The zero-order valence-corrected chi connectivity index (χ0v) is 24.1. The molecule has 11 heteroatoms. The van der Waals surface area contributed by atoms with Crippen LogP contribution in [0.1, 0.15) is 38.8 Å². The van der Waals surface area contributed by atoms with Crippen LogP contribution >= 0.6 is 0 Å². The molecular weight excluding hydrogens is 517 g/mol. The number of allylic oxidation sites excluding steroid dienone is 1. The van der Waals surface area contributed by atoms with Crippen molar-refractivity contribution >= 4 is 17.1 Å². The maximum atomic E-state index is 13.8. The van der Waals surface area contributed by atoms with E-state index in [1.165, 1.54) is 10.4 Å². The molecule has 0 unspecified atom stereocenters. The summed E-state index contributed by atoms with van der Waals surface area (Å²) in [6.07, 6.45) is 3.51. The number of hydrogen-bond acceptors (Lipinski definition) is 7. The van der Waals surface area contributed by atoms with Gasteiger partial charge in [0.05, 0.1) is 32.0 Å². The van der Waals surface area contributed by atoms with Crippen LogP contribution in [0.4, 0.5) is 0 Å². The molecule has 1 aliphatic heterocycles. The first-order valence-corrected chi connectivity index (χ1v) is 14.2. The van der Waals surface area contributed by atoms with Crippen LogP contribution in [-0.4, -0.2) is 55.0 Å². The molecule has 208 valence electrons. The molecule has 1 fully saturated rings. The lowest BCUT2D eigenvalue weighted by molar-refractivity contribution is 0.00578. The van der Waals surface area contributed by atoms with Gasteiger partial charge in [-0.05, 0) is 69.2 Å². The molecule has 39 heavy (non-hydrogen) atoms. The number of rotatable bonds is 11. The van der Waals surface area contributed by atoms with Gasteiger partial charge in [0, 0.05) is 19.3 Å². The SMILES string of the molecule is COc1ccc(CN(Cc2ccc(OC)cc2)S(=O)(=O)c2ccn(C/C=C/B3OC(C)(C)C(C)(C)O3)n2)cc1. The van der Waals surface area contributed by atoms with E-state index in [0.29, 0.717) is 18.0 Å². The number of hydrogen-bond donors (Lipinski definition) is 0. The van der Waals surface area contributed by atoms with Crippen LogP contribution < -0.4 is 9.47 Å². The minimum Gasteiger partial charge on any atom is -0.497 e. The van der Waals surface area contributed by atoms with Crippen molar-refractivity contribution in [3.8, 4) is 11.5 Å². The van der Waals surface area contributed by atoms with Crippen LogP contribution in [0.25, 0.3) is 0 Å². The molecule has 0 bridgehead atoms. The summed E-state index contributed by atoms with van der Waals surface area (Å²) in [5, 5.41) is 4.36. The fourth-order valence-corrected chi connectivity index (χ4v) is 5.40. The Morgan fingerprint density at radius 3 is 1.82 bits per heavy atom. The molecule has 4 rings (SSSR count). The van der Waals surface area contributed by atoms with E-state index in [0.717, 1.165) is 11.1 Å². The molecule has 0 aliphatic carbocycles. The molecule has 0 spiro atoms. The summed E-state index contributed by atoms with van der Waals surface area (Å²) < 4.78 is 53.0. The van der Waals surface area contributed by atoms with E-state index in [4.69, 9.17) is 18.8 Å². The summed E-state index contributed by atoms with van der Waals surface area (Å²) in [7, 11) is -1.20. The molecule has 1 aliphatic rings. The second-order valence-electron chi connectivity index (χ2n) is 10.4. The average Bonchev–Trinajstić information content (AvgIpc) is 3.46. The Morgan fingerprint density at radius 2 is 1.36 bits per heavy atom. The average molecular weight is 553 g/mol. The lowest BCUT2D eigenvalue weighted by atomic mass is 9.90. The maximum Gasteiger partial charge on any atom is 0.486 e. The number of benzene rings is 2. The fourth-order valence-electron chi connectivity index (χ4n) is 4.06. The van der Waals surface area contributed by atoms with Gasteiger partial charge in [-0.1, -0.05) is 36.3 Å². The third kappa shape index (κ3) is 6.73. The van der Waals surface area contributed by atoms with Gasteiger partial charge in [0.2, 0.25) is 0 Å². The summed E-state index contributed by atoms with van der Waals surface area (Å²) >= 11 is 0. The molecule has 1 aromatic heterocycles. The monoisotopic (exact) mass is 553 g/mol. The Balaban J connectivity index is 1.51. The second kappa shape index (κ2) is 11.6. The fraction of sp³-hybridized carbons (Fsp3) is 0.393. The van der Waals surface area contributed by atoms with Gasteiger partial charge < -0.3 is 18.8 Å². The van der Waals surface area contributed by atoms with Crippen molar-refractivity contribution in [1.82, 2.24) is 14.1 Å². The van der Waals surface area contributed by atoms with Crippen molar-refractivity contribution in [2.24, 2.45) is 0 Å². The number of nitrogens with zero attached hydrogens (tertiary/aromatic N) is 3. The summed E-state index contributed by atoms with van der Waals surface area (Å²) in [6, 6.07) is 16.2. The van der Waals surface area contributed by atoms with Crippen LogP contribution in [0, 0.1) is 0 Å². The van der Waals surface area contributed by atoms with Gasteiger partial charge in [-0.3, -0.25) is 4.68 Å². The first-order valence-electron chi connectivity index (χ1n) is 12.8. The summed E-state index contributed by atoms with van der Waals surface area (Å²) in [4.78, 5) is 0. The normalized spacial score (nSPS) is 16.7. The molecule has 0 saturated carbocycles. The van der Waals surface area contributed by atoms with Crippen molar-refractivity contribution in [1.29, 1.82) is 0 Å². The van der Waals surface area contributed by atoms with Crippen LogP contribution in [0.2, 0.25) is 0 Å². The predicted octanol–water partition coefficient (Wildman–Crippen LogP) is 4.48. The van der Waals surface area contributed by atoms with E-state index in [2.05, 4.69) is 5.10 Å². The first-order chi connectivity index (χ1) is 18.4. The number of methoxy groups -OCH3 is 2. The summed E-state index contributed by atoms with van der Waals surface area (Å²) in [6.45, 7) is 8.70. The number of aromatic nitrogens is 2. The molecule has 2 aromatic carbocycles. The van der Waals surface area contributed by atoms with Crippen molar-refractivity contribution in [3.05, 3.63) is 84.0 Å². The topological polar surface area (TPSA) is 92.1 Å². The van der Waals surface area contributed by atoms with Crippen molar-refractivity contribution in [2.45, 2.75) is 63.6 Å². The highest BCUT2D eigenvalue weighted by atomic mass is 32.2. The molecule has 0 amide bonds. The van der Waals surface area contributed by atoms with Crippen molar-refractivity contribution < 1.29 is 27.2 Å². The third-order valence-corrected chi connectivity index (χ3v) is 8.80. The lowest BCUT2D eigenvalue weighted by Gasteiger charge is -2.32. The molecule has 1 saturated heterocycles.